The van der Waals surface area contributed by atoms with Gasteiger partial charge in [-0.2, -0.15) is 0 Å². The number of rotatable bonds is 6. The summed E-state index contributed by atoms with van der Waals surface area (Å²) in [6.07, 6.45) is 10.1. The van der Waals surface area contributed by atoms with E-state index in [0.717, 1.165) is 17.8 Å². The fourth-order valence-corrected chi connectivity index (χ4v) is 3.08. The van der Waals surface area contributed by atoms with Crippen molar-refractivity contribution in [2.24, 2.45) is 23.7 Å². The van der Waals surface area contributed by atoms with Crippen molar-refractivity contribution in [3.8, 4) is 0 Å². The van der Waals surface area contributed by atoms with Gasteiger partial charge in [0.05, 0.1) is 0 Å². The van der Waals surface area contributed by atoms with Crippen LogP contribution in [-0.4, -0.2) is 0 Å². The first kappa shape index (κ1) is 14.8. The summed E-state index contributed by atoms with van der Waals surface area (Å²) in [5, 5.41) is 0. The lowest BCUT2D eigenvalue weighted by Crippen LogP contribution is -2.19. The molecule has 1 aliphatic rings. The minimum Gasteiger partial charge on any atom is -0.0999 e. The second kappa shape index (κ2) is 7.24. The van der Waals surface area contributed by atoms with Gasteiger partial charge in [0.2, 0.25) is 0 Å². The van der Waals surface area contributed by atoms with Crippen LogP contribution in [0, 0.1) is 23.7 Å². The maximum absolute atomic E-state index is 4.05. The molecular formula is C17H32. The molecule has 0 aromatic carbocycles. The van der Waals surface area contributed by atoms with E-state index in [1.807, 2.05) is 0 Å². The molecule has 0 aromatic heterocycles. The van der Waals surface area contributed by atoms with Crippen LogP contribution >= 0.6 is 0 Å². The third-order valence-electron chi connectivity index (χ3n) is 5.00. The van der Waals surface area contributed by atoms with E-state index < -0.39 is 0 Å². The van der Waals surface area contributed by atoms with Gasteiger partial charge in [-0.1, -0.05) is 58.6 Å². The highest BCUT2D eigenvalue weighted by Crippen LogP contribution is 2.35. The Balaban J connectivity index is 2.16. The summed E-state index contributed by atoms with van der Waals surface area (Å²) in [6, 6.07) is 0. The van der Waals surface area contributed by atoms with E-state index in [0.29, 0.717) is 5.92 Å². The average Bonchev–Trinajstić information content (AvgIpc) is 2.29. The monoisotopic (exact) mass is 236 g/mol. The smallest absolute Gasteiger partial charge is 0.0237 e. The van der Waals surface area contributed by atoms with Crippen LogP contribution in [0.5, 0.6) is 0 Å². The highest BCUT2D eigenvalue weighted by Gasteiger charge is 2.22. The molecule has 0 spiro atoms. The van der Waals surface area contributed by atoms with Gasteiger partial charge in [-0.25, -0.2) is 0 Å². The maximum atomic E-state index is 4.05. The molecule has 2 unspecified atom stereocenters. The third kappa shape index (κ3) is 5.27. The summed E-state index contributed by atoms with van der Waals surface area (Å²) in [5.41, 5.74) is 1.35. The lowest BCUT2D eigenvalue weighted by Gasteiger charge is -2.31. The van der Waals surface area contributed by atoms with Crippen LogP contribution in [0.2, 0.25) is 0 Å². The van der Waals surface area contributed by atoms with Crippen molar-refractivity contribution in [3.05, 3.63) is 12.2 Å². The zero-order valence-corrected chi connectivity index (χ0v) is 12.5. The van der Waals surface area contributed by atoms with Crippen molar-refractivity contribution in [3.63, 3.8) is 0 Å². The van der Waals surface area contributed by atoms with Crippen molar-refractivity contribution in [1.29, 1.82) is 0 Å². The zero-order valence-electron chi connectivity index (χ0n) is 12.5. The third-order valence-corrected chi connectivity index (χ3v) is 5.00. The molecule has 1 rings (SSSR count). The molecule has 1 saturated carbocycles. The highest BCUT2D eigenvalue weighted by atomic mass is 14.3. The minimum absolute atomic E-state index is 0.716. The predicted octanol–water partition coefficient (Wildman–Crippen LogP) is 5.83. The summed E-state index contributed by atoms with van der Waals surface area (Å²) in [5.74, 6) is 3.67. The summed E-state index contributed by atoms with van der Waals surface area (Å²) < 4.78 is 0. The van der Waals surface area contributed by atoms with Crippen molar-refractivity contribution < 1.29 is 0 Å². The first-order valence-corrected chi connectivity index (χ1v) is 7.66. The zero-order chi connectivity index (χ0) is 12.8. The molecule has 0 aliphatic heterocycles. The lowest BCUT2D eigenvalue weighted by molar-refractivity contribution is 0.211. The van der Waals surface area contributed by atoms with E-state index in [2.05, 4.69) is 34.3 Å². The molecule has 0 nitrogen and oxygen atoms in total. The first-order chi connectivity index (χ1) is 8.00. The molecule has 17 heavy (non-hydrogen) atoms. The van der Waals surface area contributed by atoms with Crippen molar-refractivity contribution in [1.82, 2.24) is 0 Å². The predicted molar refractivity (Wildman–Crippen MR) is 78.1 cm³/mol. The number of hydrogen-bond acceptors (Lipinski definition) is 0. The van der Waals surface area contributed by atoms with Gasteiger partial charge >= 0.3 is 0 Å². The Morgan fingerprint density at radius 1 is 1.12 bits per heavy atom. The van der Waals surface area contributed by atoms with Gasteiger partial charge in [0.15, 0.2) is 0 Å². The summed E-state index contributed by atoms with van der Waals surface area (Å²) in [6.45, 7) is 13.4. The quantitative estimate of drug-likeness (QED) is 0.509. The van der Waals surface area contributed by atoms with E-state index in [9.17, 15) is 0 Å². The van der Waals surface area contributed by atoms with Crippen LogP contribution in [-0.2, 0) is 0 Å². The number of hydrogen-bond donors (Lipinski definition) is 0. The largest absolute Gasteiger partial charge is 0.0999 e. The van der Waals surface area contributed by atoms with E-state index in [1.165, 1.54) is 50.5 Å². The highest BCUT2D eigenvalue weighted by molar-refractivity contribution is 4.93. The molecule has 0 heteroatoms. The van der Waals surface area contributed by atoms with Gasteiger partial charge in [-0.15, -0.1) is 0 Å². The molecule has 2 atom stereocenters. The Morgan fingerprint density at radius 2 is 1.71 bits per heavy atom. The molecule has 0 N–H and O–H groups in total. The number of allylic oxidation sites excluding steroid dienone is 1. The summed E-state index contributed by atoms with van der Waals surface area (Å²) in [7, 11) is 0. The Morgan fingerprint density at radius 3 is 2.24 bits per heavy atom. The second-order valence-electron chi connectivity index (χ2n) is 6.68. The van der Waals surface area contributed by atoms with E-state index >= 15 is 0 Å². The molecular weight excluding hydrogens is 204 g/mol. The van der Waals surface area contributed by atoms with Gasteiger partial charge in [0.25, 0.3) is 0 Å². The van der Waals surface area contributed by atoms with E-state index in [4.69, 9.17) is 0 Å². The van der Waals surface area contributed by atoms with Crippen LogP contribution in [0.15, 0.2) is 12.2 Å². The van der Waals surface area contributed by atoms with E-state index in [-0.39, 0.29) is 0 Å². The molecule has 1 aliphatic carbocycles. The Labute approximate surface area is 109 Å². The fourth-order valence-electron chi connectivity index (χ4n) is 3.08. The van der Waals surface area contributed by atoms with E-state index in [1.54, 1.807) is 0 Å². The van der Waals surface area contributed by atoms with Crippen LogP contribution in [0.4, 0.5) is 0 Å². The minimum atomic E-state index is 0.716. The summed E-state index contributed by atoms with van der Waals surface area (Å²) in [4.78, 5) is 0. The fraction of sp³-hybridized carbons (Fsp3) is 0.882. The lowest BCUT2D eigenvalue weighted by atomic mass is 9.75. The van der Waals surface area contributed by atoms with Gasteiger partial charge in [0.1, 0.15) is 0 Å². The molecule has 0 bridgehead atoms. The van der Waals surface area contributed by atoms with Crippen molar-refractivity contribution in [2.45, 2.75) is 72.6 Å². The van der Waals surface area contributed by atoms with Crippen LogP contribution in [0.1, 0.15) is 72.6 Å². The molecule has 0 aromatic rings. The Hall–Kier alpha value is -0.260. The van der Waals surface area contributed by atoms with Crippen LogP contribution in [0.3, 0.4) is 0 Å². The molecule has 0 heterocycles. The molecule has 0 radical (unpaired) electrons. The van der Waals surface area contributed by atoms with Crippen molar-refractivity contribution >= 4 is 0 Å². The molecule has 100 valence electrons. The Bertz CT molecular complexity index is 220. The van der Waals surface area contributed by atoms with Gasteiger partial charge in [0, 0.05) is 0 Å². The molecule has 0 amide bonds. The van der Waals surface area contributed by atoms with Crippen LogP contribution in [0.25, 0.3) is 0 Å². The first-order valence-electron chi connectivity index (χ1n) is 7.66. The van der Waals surface area contributed by atoms with Crippen molar-refractivity contribution in [2.75, 3.05) is 0 Å². The summed E-state index contributed by atoms with van der Waals surface area (Å²) >= 11 is 0. The molecule has 0 saturated heterocycles. The van der Waals surface area contributed by atoms with Crippen LogP contribution < -0.4 is 0 Å². The molecule has 1 fully saturated rings. The second-order valence-corrected chi connectivity index (χ2v) is 6.68. The van der Waals surface area contributed by atoms with Gasteiger partial charge in [-0.05, 0) is 49.9 Å². The Kier molecular flexibility index (Phi) is 6.30. The maximum Gasteiger partial charge on any atom is -0.0237 e. The average molecular weight is 236 g/mol. The normalized spacial score (nSPS) is 28.7. The standard InChI is InChI=1S/C17H32/c1-13(2)15(4)7-6-8-16(5)17-11-9-14(3)10-12-17/h14-17H,1,6-12H2,2-5H3. The topological polar surface area (TPSA) is 0 Å². The van der Waals surface area contributed by atoms with Gasteiger partial charge in [-0.3, -0.25) is 0 Å². The van der Waals surface area contributed by atoms with Gasteiger partial charge < -0.3 is 0 Å². The SMILES string of the molecule is C=C(C)C(C)CCCC(C)C1CCC(C)CC1.